The number of pyridine rings is 1. The Hall–Kier alpha value is -2.64. The van der Waals surface area contributed by atoms with Crippen LogP contribution in [0.15, 0.2) is 64.6 Å². The Morgan fingerprint density at radius 1 is 0.778 bits per heavy atom. The van der Waals surface area contributed by atoms with E-state index in [1.807, 2.05) is 0 Å². The van der Waals surface area contributed by atoms with Gasteiger partial charge in [0.1, 0.15) is 0 Å². The standard InChI is InChI=1S/C29H35N3O2S2/c1-7-31(8-2)20-11-13-23(26(17-20)35-5)29(25-19-30-16-15-22(25)28(33)34-29)24-14-12-21(18-27(24)36-6)32(9-3)10-4/h11-19H,7-10H2,1-6H3. The summed E-state index contributed by atoms with van der Waals surface area (Å²) in [6.07, 6.45) is 7.62. The second kappa shape index (κ2) is 11.2. The summed E-state index contributed by atoms with van der Waals surface area (Å²) in [6, 6.07) is 14.8. The van der Waals surface area contributed by atoms with Crippen molar-refractivity contribution in [3.8, 4) is 0 Å². The van der Waals surface area contributed by atoms with Crippen LogP contribution in [0.3, 0.4) is 0 Å². The second-order valence-electron chi connectivity index (χ2n) is 8.61. The van der Waals surface area contributed by atoms with Crippen LogP contribution in [-0.2, 0) is 10.3 Å². The molecule has 5 nitrogen and oxygen atoms in total. The second-order valence-corrected chi connectivity index (χ2v) is 10.3. The summed E-state index contributed by atoms with van der Waals surface area (Å²) in [7, 11) is 0. The molecule has 0 aliphatic carbocycles. The predicted octanol–water partition coefficient (Wildman–Crippen LogP) is 6.68. The molecule has 0 spiro atoms. The fourth-order valence-electron chi connectivity index (χ4n) is 5.16. The molecule has 0 radical (unpaired) electrons. The van der Waals surface area contributed by atoms with Crippen molar-refractivity contribution in [2.45, 2.75) is 43.1 Å². The first kappa shape index (κ1) is 26.4. The Balaban J connectivity index is 2.02. The molecule has 0 atom stereocenters. The molecule has 0 amide bonds. The van der Waals surface area contributed by atoms with Gasteiger partial charge in [0.15, 0.2) is 5.60 Å². The largest absolute Gasteiger partial charge is 0.440 e. The molecule has 2 aromatic carbocycles. The molecule has 1 aliphatic heterocycles. The number of anilines is 2. The number of rotatable bonds is 10. The number of thioether (sulfide) groups is 2. The van der Waals surface area contributed by atoms with Gasteiger partial charge in [-0.05, 0) is 70.5 Å². The smallest absolute Gasteiger partial charge is 0.340 e. The van der Waals surface area contributed by atoms with Crippen LogP contribution in [-0.4, -0.2) is 49.6 Å². The predicted molar refractivity (Wildman–Crippen MR) is 153 cm³/mol. The number of carbonyl (C=O) groups is 1. The first-order chi connectivity index (χ1) is 17.5. The van der Waals surface area contributed by atoms with Gasteiger partial charge in [0.2, 0.25) is 0 Å². The molecule has 7 heteroatoms. The summed E-state index contributed by atoms with van der Waals surface area (Å²) in [5, 5.41) is 0. The lowest BCUT2D eigenvalue weighted by Gasteiger charge is -2.34. The highest BCUT2D eigenvalue weighted by molar-refractivity contribution is 7.99. The topological polar surface area (TPSA) is 45.7 Å². The number of carbonyl (C=O) groups excluding carboxylic acids is 1. The van der Waals surface area contributed by atoms with E-state index in [0.29, 0.717) is 5.56 Å². The minimum Gasteiger partial charge on any atom is -0.440 e. The van der Waals surface area contributed by atoms with E-state index in [4.69, 9.17) is 4.74 Å². The highest BCUT2D eigenvalue weighted by Gasteiger charge is 2.51. The van der Waals surface area contributed by atoms with E-state index in [1.165, 1.54) is 11.4 Å². The molecule has 0 unspecified atom stereocenters. The normalized spacial score (nSPS) is 13.9. The van der Waals surface area contributed by atoms with Crippen LogP contribution in [0.25, 0.3) is 0 Å². The molecule has 2 heterocycles. The average molecular weight is 522 g/mol. The molecule has 0 bridgehead atoms. The molecular formula is C29H35N3O2S2. The van der Waals surface area contributed by atoms with Gasteiger partial charge in [-0.1, -0.05) is 12.1 Å². The lowest BCUT2D eigenvalue weighted by molar-refractivity contribution is 0.0236. The minimum atomic E-state index is -1.07. The van der Waals surface area contributed by atoms with E-state index in [2.05, 4.69) is 91.4 Å². The van der Waals surface area contributed by atoms with Gasteiger partial charge in [-0.15, -0.1) is 23.5 Å². The lowest BCUT2D eigenvalue weighted by atomic mass is 9.80. The number of hydrogen-bond acceptors (Lipinski definition) is 7. The Morgan fingerprint density at radius 3 is 1.72 bits per heavy atom. The van der Waals surface area contributed by atoms with Crippen LogP contribution >= 0.6 is 23.5 Å². The Morgan fingerprint density at radius 2 is 1.28 bits per heavy atom. The average Bonchev–Trinajstić information content (AvgIpc) is 3.22. The van der Waals surface area contributed by atoms with Crippen molar-refractivity contribution < 1.29 is 9.53 Å². The van der Waals surface area contributed by atoms with Crippen molar-refractivity contribution in [3.05, 3.63) is 77.1 Å². The fraction of sp³-hybridized carbons (Fsp3) is 0.379. The van der Waals surface area contributed by atoms with Crippen molar-refractivity contribution in [1.82, 2.24) is 4.98 Å². The zero-order valence-electron chi connectivity index (χ0n) is 22.0. The first-order valence-electron chi connectivity index (χ1n) is 12.5. The first-order valence-corrected chi connectivity index (χ1v) is 15.0. The van der Waals surface area contributed by atoms with Crippen LogP contribution in [0.4, 0.5) is 11.4 Å². The maximum atomic E-state index is 13.3. The molecule has 1 aliphatic rings. The highest BCUT2D eigenvalue weighted by Crippen LogP contribution is 2.52. The minimum absolute atomic E-state index is 0.313. The Bertz CT molecular complexity index is 1180. The van der Waals surface area contributed by atoms with Crippen LogP contribution in [0, 0.1) is 0 Å². The third-order valence-corrected chi connectivity index (χ3v) is 8.61. The van der Waals surface area contributed by atoms with Crippen molar-refractivity contribution in [2.75, 3.05) is 48.5 Å². The maximum Gasteiger partial charge on any atom is 0.340 e. The van der Waals surface area contributed by atoms with E-state index in [-0.39, 0.29) is 5.97 Å². The van der Waals surface area contributed by atoms with Crippen LogP contribution in [0.1, 0.15) is 54.7 Å². The summed E-state index contributed by atoms with van der Waals surface area (Å²) < 4.78 is 6.45. The molecular weight excluding hydrogens is 486 g/mol. The van der Waals surface area contributed by atoms with Crippen molar-refractivity contribution in [2.24, 2.45) is 0 Å². The van der Waals surface area contributed by atoms with Crippen molar-refractivity contribution >= 4 is 40.9 Å². The molecule has 4 rings (SSSR count). The van der Waals surface area contributed by atoms with E-state index >= 15 is 0 Å². The van der Waals surface area contributed by atoms with Gasteiger partial charge in [0, 0.05) is 76.4 Å². The number of esters is 1. The molecule has 0 saturated carbocycles. The van der Waals surface area contributed by atoms with Crippen molar-refractivity contribution in [1.29, 1.82) is 0 Å². The molecule has 0 saturated heterocycles. The molecule has 190 valence electrons. The van der Waals surface area contributed by atoms with E-state index in [0.717, 1.165) is 52.7 Å². The van der Waals surface area contributed by atoms with Gasteiger partial charge in [-0.3, -0.25) is 4.98 Å². The van der Waals surface area contributed by atoms with Gasteiger partial charge >= 0.3 is 5.97 Å². The van der Waals surface area contributed by atoms with Gasteiger partial charge in [0.05, 0.1) is 5.56 Å². The quantitative estimate of drug-likeness (QED) is 0.218. The number of nitrogens with zero attached hydrogens (tertiary/aromatic N) is 3. The number of fused-ring (bicyclic) bond motifs is 1. The van der Waals surface area contributed by atoms with E-state index < -0.39 is 5.60 Å². The third-order valence-electron chi connectivity index (χ3n) is 7.05. The summed E-state index contributed by atoms with van der Waals surface area (Å²) >= 11 is 3.36. The molecule has 36 heavy (non-hydrogen) atoms. The Labute approximate surface area is 223 Å². The maximum absolute atomic E-state index is 13.3. The Kier molecular flexibility index (Phi) is 8.20. The monoisotopic (exact) mass is 521 g/mol. The lowest BCUT2D eigenvalue weighted by Crippen LogP contribution is -2.32. The van der Waals surface area contributed by atoms with E-state index in [9.17, 15) is 4.79 Å². The van der Waals surface area contributed by atoms with Crippen LogP contribution < -0.4 is 9.80 Å². The summed E-state index contributed by atoms with van der Waals surface area (Å²) in [5.74, 6) is -0.313. The van der Waals surface area contributed by atoms with Crippen LogP contribution in [0.5, 0.6) is 0 Å². The molecule has 3 aromatic rings. The molecule has 0 fully saturated rings. The number of aromatic nitrogens is 1. The zero-order valence-corrected chi connectivity index (χ0v) is 23.6. The number of benzene rings is 2. The SMILES string of the molecule is CCN(CC)c1ccc(C2(c3ccc(N(CC)CC)cc3SC)OC(=O)c3ccncc32)c(SC)c1. The fourth-order valence-corrected chi connectivity index (χ4v) is 6.50. The molecule has 0 N–H and O–H groups in total. The summed E-state index contributed by atoms with van der Waals surface area (Å²) in [4.78, 5) is 24.6. The van der Waals surface area contributed by atoms with Gasteiger partial charge < -0.3 is 14.5 Å². The number of cyclic esters (lactones) is 1. The summed E-state index contributed by atoms with van der Waals surface area (Å²) in [6.45, 7) is 12.4. The third kappa shape index (κ3) is 4.37. The highest BCUT2D eigenvalue weighted by atomic mass is 32.2. The van der Waals surface area contributed by atoms with Gasteiger partial charge in [-0.2, -0.15) is 0 Å². The van der Waals surface area contributed by atoms with Gasteiger partial charge in [-0.25, -0.2) is 4.79 Å². The van der Waals surface area contributed by atoms with E-state index in [1.54, 1.807) is 42.0 Å². The number of hydrogen-bond donors (Lipinski definition) is 0. The molecule has 1 aromatic heterocycles. The zero-order chi connectivity index (χ0) is 25.9. The number of ether oxygens (including phenoxy) is 1. The van der Waals surface area contributed by atoms with Crippen LogP contribution in [0.2, 0.25) is 0 Å². The van der Waals surface area contributed by atoms with Crippen molar-refractivity contribution in [3.63, 3.8) is 0 Å². The summed E-state index contributed by atoms with van der Waals surface area (Å²) in [5.41, 5.74) is 4.58. The van der Waals surface area contributed by atoms with Gasteiger partial charge in [0.25, 0.3) is 0 Å².